The number of nitrogens with zero attached hydrogens (tertiary/aromatic N) is 2. The molecule has 2 N–H and O–H groups in total. The largest absolute Gasteiger partial charge is 0.490 e. The minimum absolute atomic E-state index is 0.0547. The summed E-state index contributed by atoms with van der Waals surface area (Å²) in [4.78, 5) is 11.5. The smallest absolute Gasteiger partial charge is 0.169 e. The van der Waals surface area contributed by atoms with Crippen molar-refractivity contribution in [2.45, 2.75) is 19.9 Å². The van der Waals surface area contributed by atoms with Crippen LogP contribution < -0.4 is 10.1 Å². The van der Waals surface area contributed by atoms with Crippen molar-refractivity contribution in [1.29, 1.82) is 0 Å². The van der Waals surface area contributed by atoms with Crippen LogP contribution in [0.15, 0.2) is 30.7 Å². The fourth-order valence-corrected chi connectivity index (χ4v) is 1.56. The van der Waals surface area contributed by atoms with Gasteiger partial charge < -0.3 is 15.0 Å². The monoisotopic (exact) mass is 232 g/mol. The van der Waals surface area contributed by atoms with Gasteiger partial charge >= 0.3 is 0 Å². The van der Waals surface area contributed by atoms with E-state index < -0.39 is 0 Å². The standard InChI is InChI=1S/C12H16N4O/c1-3-17-10-5-4-6-13-12(10)16-9(2)11-14-7-8-15-11/h4-9H,3H2,1-2H3,(H,13,16)(H,14,15). The molecule has 5 nitrogen and oxygen atoms in total. The van der Waals surface area contributed by atoms with Crippen LogP contribution in [0.3, 0.4) is 0 Å². The number of aromatic nitrogens is 3. The summed E-state index contributed by atoms with van der Waals surface area (Å²) in [7, 11) is 0. The van der Waals surface area contributed by atoms with Gasteiger partial charge in [-0.25, -0.2) is 9.97 Å². The number of ether oxygens (including phenoxy) is 1. The number of hydrogen-bond donors (Lipinski definition) is 2. The third-order valence-corrected chi connectivity index (χ3v) is 2.35. The number of rotatable bonds is 5. The molecule has 0 aliphatic carbocycles. The number of H-pyrrole nitrogens is 1. The van der Waals surface area contributed by atoms with Crippen molar-refractivity contribution in [2.75, 3.05) is 11.9 Å². The molecule has 0 aliphatic rings. The molecule has 0 saturated carbocycles. The summed E-state index contributed by atoms with van der Waals surface area (Å²) in [6.07, 6.45) is 5.27. The summed E-state index contributed by atoms with van der Waals surface area (Å²) in [5.74, 6) is 2.37. The fourth-order valence-electron chi connectivity index (χ4n) is 1.56. The number of nitrogens with one attached hydrogen (secondary N) is 2. The molecule has 0 aromatic carbocycles. The van der Waals surface area contributed by atoms with Gasteiger partial charge in [0, 0.05) is 18.6 Å². The van der Waals surface area contributed by atoms with Gasteiger partial charge in [-0.2, -0.15) is 0 Å². The van der Waals surface area contributed by atoms with Gasteiger partial charge in [-0.15, -0.1) is 0 Å². The van der Waals surface area contributed by atoms with Crippen LogP contribution in [0, 0.1) is 0 Å². The molecule has 0 amide bonds. The van der Waals surface area contributed by atoms with E-state index >= 15 is 0 Å². The molecule has 2 heterocycles. The van der Waals surface area contributed by atoms with E-state index in [4.69, 9.17) is 4.74 Å². The Hall–Kier alpha value is -2.04. The van der Waals surface area contributed by atoms with Crippen LogP contribution in [-0.2, 0) is 0 Å². The summed E-state index contributed by atoms with van der Waals surface area (Å²) in [6, 6.07) is 3.81. The van der Waals surface area contributed by atoms with Crippen LogP contribution in [-0.4, -0.2) is 21.6 Å². The van der Waals surface area contributed by atoms with Gasteiger partial charge in [-0.3, -0.25) is 0 Å². The number of imidazole rings is 1. The molecule has 2 aromatic heterocycles. The van der Waals surface area contributed by atoms with Gasteiger partial charge in [0.25, 0.3) is 0 Å². The molecule has 17 heavy (non-hydrogen) atoms. The molecule has 90 valence electrons. The molecule has 2 rings (SSSR count). The van der Waals surface area contributed by atoms with Crippen molar-refractivity contribution in [3.63, 3.8) is 0 Å². The van der Waals surface area contributed by atoms with Gasteiger partial charge in [0.05, 0.1) is 12.6 Å². The van der Waals surface area contributed by atoms with Crippen molar-refractivity contribution >= 4 is 5.82 Å². The summed E-state index contributed by atoms with van der Waals surface area (Å²) >= 11 is 0. The second-order valence-corrected chi connectivity index (χ2v) is 3.62. The van der Waals surface area contributed by atoms with E-state index in [9.17, 15) is 0 Å². The summed E-state index contributed by atoms with van der Waals surface area (Å²) in [6.45, 7) is 4.59. The van der Waals surface area contributed by atoms with Crippen LogP contribution in [0.5, 0.6) is 5.75 Å². The second kappa shape index (κ2) is 5.34. The van der Waals surface area contributed by atoms with Gasteiger partial charge in [-0.05, 0) is 26.0 Å². The predicted octanol–water partition coefficient (Wildman–Crippen LogP) is 2.38. The van der Waals surface area contributed by atoms with Crippen LogP contribution in [0.25, 0.3) is 0 Å². The molecule has 1 atom stereocenters. The summed E-state index contributed by atoms with van der Waals surface area (Å²) in [5.41, 5.74) is 0. The maximum Gasteiger partial charge on any atom is 0.169 e. The van der Waals surface area contributed by atoms with Crippen LogP contribution in [0.2, 0.25) is 0 Å². The van der Waals surface area contributed by atoms with Crippen molar-refractivity contribution in [1.82, 2.24) is 15.0 Å². The van der Waals surface area contributed by atoms with Crippen molar-refractivity contribution in [3.05, 3.63) is 36.5 Å². The predicted molar refractivity (Wildman–Crippen MR) is 66.0 cm³/mol. The third-order valence-electron chi connectivity index (χ3n) is 2.35. The van der Waals surface area contributed by atoms with Gasteiger partial charge in [0.15, 0.2) is 11.6 Å². The number of hydrogen-bond acceptors (Lipinski definition) is 4. The average molecular weight is 232 g/mol. The number of aromatic amines is 1. The fraction of sp³-hybridized carbons (Fsp3) is 0.333. The minimum atomic E-state index is 0.0547. The normalized spacial score (nSPS) is 12.1. The lowest BCUT2D eigenvalue weighted by atomic mass is 10.3. The molecule has 1 unspecified atom stereocenters. The molecule has 0 spiro atoms. The first kappa shape index (κ1) is 11.4. The Kier molecular flexibility index (Phi) is 3.59. The lowest BCUT2D eigenvalue weighted by Gasteiger charge is -2.15. The Morgan fingerprint density at radius 3 is 3.00 bits per heavy atom. The molecule has 0 bridgehead atoms. The molecule has 2 aromatic rings. The molecule has 0 saturated heterocycles. The first-order chi connectivity index (χ1) is 8.31. The third kappa shape index (κ3) is 2.75. The second-order valence-electron chi connectivity index (χ2n) is 3.62. The Labute approximate surface area is 100 Å². The quantitative estimate of drug-likeness (QED) is 0.830. The highest BCUT2D eigenvalue weighted by atomic mass is 16.5. The zero-order valence-electron chi connectivity index (χ0n) is 9.97. The van der Waals surface area contributed by atoms with E-state index in [1.807, 2.05) is 26.0 Å². The Bertz CT molecular complexity index is 455. The van der Waals surface area contributed by atoms with E-state index in [0.29, 0.717) is 6.61 Å². The first-order valence-electron chi connectivity index (χ1n) is 5.65. The lowest BCUT2D eigenvalue weighted by molar-refractivity contribution is 0.340. The Morgan fingerprint density at radius 2 is 2.29 bits per heavy atom. The molecule has 5 heteroatoms. The zero-order valence-corrected chi connectivity index (χ0v) is 9.97. The lowest BCUT2D eigenvalue weighted by Crippen LogP contribution is -2.10. The summed E-state index contributed by atoms with van der Waals surface area (Å²) in [5, 5.41) is 3.27. The maximum absolute atomic E-state index is 5.50. The van der Waals surface area contributed by atoms with Crippen molar-refractivity contribution < 1.29 is 4.74 Å². The van der Waals surface area contributed by atoms with Gasteiger partial charge in [0.1, 0.15) is 5.82 Å². The van der Waals surface area contributed by atoms with E-state index in [-0.39, 0.29) is 6.04 Å². The minimum Gasteiger partial charge on any atom is -0.490 e. The molecule has 0 aliphatic heterocycles. The maximum atomic E-state index is 5.50. The zero-order chi connectivity index (χ0) is 12.1. The summed E-state index contributed by atoms with van der Waals surface area (Å²) < 4.78 is 5.50. The topological polar surface area (TPSA) is 62.8 Å². The highest BCUT2D eigenvalue weighted by molar-refractivity contribution is 5.50. The Morgan fingerprint density at radius 1 is 1.41 bits per heavy atom. The van der Waals surface area contributed by atoms with E-state index in [1.54, 1.807) is 18.6 Å². The van der Waals surface area contributed by atoms with Gasteiger partial charge in [-0.1, -0.05) is 0 Å². The number of pyridine rings is 1. The van der Waals surface area contributed by atoms with E-state index in [1.165, 1.54) is 0 Å². The molecule has 0 radical (unpaired) electrons. The highest BCUT2D eigenvalue weighted by Crippen LogP contribution is 2.24. The molecular weight excluding hydrogens is 216 g/mol. The molecule has 0 fully saturated rings. The number of anilines is 1. The van der Waals surface area contributed by atoms with Crippen LogP contribution in [0.1, 0.15) is 25.7 Å². The Balaban J connectivity index is 2.12. The van der Waals surface area contributed by atoms with E-state index in [0.717, 1.165) is 17.4 Å². The van der Waals surface area contributed by atoms with Crippen molar-refractivity contribution in [2.24, 2.45) is 0 Å². The van der Waals surface area contributed by atoms with E-state index in [2.05, 4.69) is 20.3 Å². The molecular formula is C12H16N4O. The first-order valence-corrected chi connectivity index (χ1v) is 5.65. The van der Waals surface area contributed by atoms with Crippen LogP contribution >= 0.6 is 0 Å². The SMILES string of the molecule is CCOc1cccnc1NC(C)c1ncc[nH]1. The highest BCUT2D eigenvalue weighted by Gasteiger charge is 2.11. The van der Waals surface area contributed by atoms with Crippen molar-refractivity contribution in [3.8, 4) is 5.75 Å². The van der Waals surface area contributed by atoms with Crippen LogP contribution in [0.4, 0.5) is 5.82 Å². The average Bonchev–Trinajstić information content (AvgIpc) is 2.85. The van der Waals surface area contributed by atoms with Gasteiger partial charge in [0.2, 0.25) is 0 Å².